The first-order valence-corrected chi connectivity index (χ1v) is 8.68. The number of aromatic nitrogens is 2. The lowest BCUT2D eigenvalue weighted by Gasteiger charge is -2.23. The largest absolute Gasteiger partial charge is 0.421 e. The van der Waals surface area contributed by atoms with Crippen LogP contribution in [0.4, 0.5) is 4.79 Å². The quantitative estimate of drug-likeness (QED) is 0.837. The summed E-state index contributed by atoms with van der Waals surface area (Å²) in [7, 11) is 1.75. The molecule has 0 radical (unpaired) electrons. The van der Waals surface area contributed by atoms with Crippen molar-refractivity contribution in [3.8, 4) is 11.5 Å². The van der Waals surface area contributed by atoms with Gasteiger partial charge in [-0.2, -0.15) is 0 Å². The van der Waals surface area contributed by atoms with Gasteiger partial charge in [0.25, 0.3) is 0 Å². The fourth-order valence-corrected chi connectivity index (χ4v) is 3.13. The van der Waals surface area contributed by atoms with Gasteiger partial charge in [0.15, 0.2) is 0 Å². The van der Waals surface area contributed by atoms with Gasteiger partial charge in [-0.15, -0.1) is 10.2 Å². The number of carbonyl (C=O) groups is 1. The van der Waals surface area contributed by atoms with Crippen LogP contribution in [0.5, 0.6) is 0 Å². The molecular formula is C18H24N4O3. The second-order valence-corrected chi connectivity index (χ2v) is 6.49. The van der Waals surface area contributed by atoms with Gasteiger partial charge in [-0.25, -0.2) is 4.79 Å². The zero-order valence-electron chi connectivity index (χ0n) is 14.4. The summed E-state index contributed by atoms with van der Waals surface area (Å²) in [5.74, 6) is 1.16. The van der Waals surface area contributed by atoms with Gasteiger partial charge in [0, 0.05) is 38.0 Å². The smallest absolute Gasteiger partial charge is 0.317 e. The van der Waals surface area contributed by atoms with Gasteiger partial charge in [-0.1, -0.05) is 24.6 Å². The number of urea groups is 1. The van der Waals surface area contributed by atoms with Gasteiger partial charge in [0.05, 0.1) is 6.10 Å². The summed E-state index contributed by atoms with van der Waals surface area (Å²) in [5, 5.41) is 20.7. The van der Waals surface area contributed by atoms with Gasteiger partial charge >= 0.3 is 6.03 Å². The van der Waals surface area contributed by atoms with Crippen molar-refractivity contribution in [2.45, 2.75) is 31.8 Å². The third-order valence-electron chi connectivity index (χ3n) is 4.58. The van der Waals surface area contributed by atoms with E-state index in [2.05, 4.69) is 15.5 Å². The van der Waals surface area contributed by atoms with Crippen LogP contribution >= 0.6 is 0 Å². The molecule has 1 saturated carbocycles. The molecule has 134 valence electrons. The predicted octanol–water partition coefficient (Wildman–Crippen LogP) is 2.08. The summed E-state index contributed by atoms with van der Waals surface area (Å²) in [5.41, 5.74) is 0.875. The minimum absolute atomic E-state index is 0.151. The fourth-order valence-electron chi connectivity index (χ4n) is 3.13. The number of aliphatic hydroxyl groups is 1. The molecule has 2 aromatic rings. The standard InChI is InChI=1S/C18H24N4O3/c1-22(12-14-8-5-9-15(14)23)18(24)19-11-10-16-20-21-17(25-16)13-6-3-2-4-7-13/h2-4,6-7,14-15,23H,5,8-12H2,1H3,(H,19,24). The first kappa shape index (κ1) is 17.4. The lowest BCUT2D eigenvalue weighted by atomic mass is 10.1. The third-order valence-corrected chi connectivity index (χ3v) is 4.58. The highest BCUT2D eigenvalue weighted by atomic mass is 16.4. The summed E-state index contributed by atoms with van der Waals surface area (Å²) >= 11 is 0. The van der Waals surface area contributed by atoms with E-state index in [0.717, 1.165) is 24.8 Å². The second-order valence-electron chi connectivity index (χ2n) is 6.49. The first-order chi connectivity index (χ1) is 12.1. The number of hydrogen-bond acceptors (Lipinski definition) is 5. The molecule has 2 amide bonds. The van der Waals surface area contributed by atoms with Gasteiger partial charge in [-0.3, -0.25) is 0 Å². The van der Waals surface area contributed by atoms with Crippen LogP contribution in [0.3, 0.4) is 0 Å². The van der Waals surface area contributed by atoms with E-state index in [4.69, 9.17) is 4.42 Å². The highest BCUT2D eigenvalue weighted by Gasteiger charge is 2.27. The van der Waals surface area contributed by atoms with E-state index in [9.17, 15) is 9.90 Å². The summed E-state index contributed by atoms with van der Waals surface area (Å²) in [6.07, 6.45) is 3.03. The van der Waals surface area contributed by atoms with E-state index >= 15 is 0 Å². The normalized spacial score (nSPS) is 19.8. The van der Waals surface area contributed by atoms with Crippen molar-refractivity contribution in [1.29, 1.82) is 0 Å². The Hall–Kier alpha value is -2.41. The zero-order valence-corrected chi connectivity index (χ0v) is 14.4. The van der Waals surface area contributed by atoms with Crippen molar-refractivity contribution >= 4 is 6.03 Å². The molecule has 1 heterocycles. The van der Waals surface area contributed by atoms with Gasteiger partial charge in [-0.05, 0) is 25.0 Å². The van der Waals surface area contributed by atoms with Crippen LogP contribution in [0, 0.1) is 5.92 Å². The lowest BCUT2D eigenvalue weighted by Crippen LogP contribution is -2.41. The molecule has 0 spiro atoms. The highest BCUT2D eigenvalue weighted by Crippen LogP contribution is 2.25. The minimum atomic E-state index is -0.287. The van der Waals surface area contributed by atoms with Crippen LogP contribution in [0.2, 0.25) is 0 Å². The molecule has 7 nitrogen and oxygen atoms in total. The number of nitrogens with zero attached hydrogens (tertiary/aromatic N) is 3. The summed E-state index contributed by atoms with van der Waals surface area (Å²) in [6, 6.07) is 9.42. The van der Waals surface area contributed by atoms with E-state index in [1.165, 1.54) is 0 Å². The first-order valence-electron chi connectivity index (χ1n) is 8.68. The van der Waals surface area contributed by atoms with Crippen molar-refractivity contribution in [1.82, 2.24) is 20.4 Å². The Balaban J connectivity index is 1.43. The van der Waals surface area contributed by atoms with E-state index < -0.39 is 0 Å². The SMILES string of the molecule is CN(CC1CCCC1O)C(=O)NCCc1nnc(-c2ccccc2)o1. The Kier molecular flexibility index (Phi) is 5.65. The lowest BCUT2D eigenvalue weighted by molar-refractivity contribution is 0.114. The van der Waals surface area contributed by atoms with Crippen LogP contribution in [0.1, 0.15) is 25.2 Å². The molecule has 2 N–H and O–H groups in total. The average molecular weight is 344 g/mol. The van der Waals surface area contributed by atoms with Crippen LogP contribution in [0.15, 0.2) is 34.7 Å². The van der Waals surface area contributed by atoms with Crippen molar-refractivity contribution in [3.05, 3.63) is 36.2 Å². The van der Waals surface area contributed by atoms with Crippen molar-refractivity contribution < 1.29 is 14.3 Å². The Labute approximate surface area is 147 Å². The number of rotatable bonds is 6. The Bertz CT molecular complexity index is 689. The van der Waals surface area contributed by atoms with Gasteiger partial charge in [0.1, 0.15) is 0 Å². The van der Waals surface area contributed by atoms with Gasteiger partial charge < -0.3 is 19.7 Å². The molecule has 7 heteroatoms. The fraction of sp³-hybridized carbons (Fsp3) is 0.500. The molecule has 0 bridgehead atoms. The van der Waals surface area contributed by atoms with E-state index in [-0.39, 0.29) is 18.1 Å². The Morgan fingerprint density at radius 3 is 2.84 bits per heavy atom. The second kappa shape index (κ2) is 8.11. The predicted molar refractivity (Wildman–Crippen MR) is 92.8 cm³/mol. The van der Waals surface area contributed by atoms with E-state index in [0.29, 0.717) is 31.3 Å². The summed E-state index contributed by atoms with van der Waals surface area (Å²) < 4.78 is 5.61. The maximum absolute atomic E-state index is 12.1. The number of amides is 2. The van der Waals surface area contributed by atoms with Crippen LogP contribution in [-0.4, -0.2) is 52.5 Å². The molecule has 0 aliphatic heterocycles. The maximum atomic E-state index is 12.1. The number of carbonyl (C=O) groups excluding carboxylic acids is 1. The molecule has 25 heavy (non-hydrogen) atoms. The molecule has 2 unspecified atom stereocenters. The van der Waals surface area contributed by atoms with Crippen molar-refractivity contribution in [2.75, 3.05) is 20.1 Å². The average Bonchev–Trinajstić information content (AvgIpc) is 3.25. The molecular weight excluding hydrogens is 320 g/mol. The van der Waals surface area contributed by atoms with Crippen LogP contribution in [-0.2, 0) is 6.42 Å². The Morgan fingerprint density at radius 2 is 2.12 bits per heavy atom. The van der Waals surface area contributed by atoms with Crippen LogP contribution < -0.4 is 5.32 Å². The molecule has 1 aliphatic carbocycles. The molecule has 0 saturated heterocycles. The van der Waals surface area contributed by atoms with E-state index in [1.54, 1.807) is 11.9 Å². The molecule has 1 fully saturated rings. The molecule has 1 aliphatic rings. The molecule has 1 aromatic heterocycles. The highest BCUT2D eigenvalue weighted by molar-refractivity contribution is 5.73. The summed E-state index contributed by atoms with van der Waals surface area (Å²) in [6.45, 7) is 0.999. The maximum Gasteiger partial charge on any atom is 0.317 e. The number of aliphatic hydroxyl groups excluding tert-OH is 1. The number of hydrogen-bond donors (Lipinski definition) is 2. The number of benzene rings is 1. The molecule has 2 atom stereocenters. The molecule has 1 aromatic carbocycles. The van der Waals surface area contributed by atoms with Crippen molar-refractivity contribution in [3.63, 3.8) is 0 Å². The number of nitrogens with one attached hydrogen (secondary N) is 1. The van der Waals surface area contributed by atoms with Crippen molar-refractivity contribution in [2.24, 2.45) is 5.92 Å². The topological polar surface area (TPSA) is 91.5 Å². The van der Waals surface area contributed by atoms with Crippen LogP contribution in [0.25, 0.3) is 11.5 Å². The third kappa shape index (κ3) is 4.57. The zero-order chi connectivity index (χ0) is 17.6. The molecule has 3 rings (SSSR count). The van der Waals surface area contributed by atoms with Gasteiger partial charge in [0.2, 0.25) is 11.8 Å². The Morgan fingerprint density at radius 1 is 1.32 bits per heavy atom. The summed E-state index contributed by atoms with van der Waals surface area (Å²) in [4.78, 5) is 13.7. The monoisotopic (exact) mass is 344 g/mol. The minimum Gasteiger partial charge on any atom is -0.421 e. The van der Waals surface area contributed by atoms with E-state index in [1.807, 2.05) is 30.3 Å².